The molecule has 0 radical (unpaired) electrons. The third-order valence-corrected chi connectivity index (χ3v) is 5.28. The van der Waals surface area contributed by atoms with Crippen LogP contribution in [0.1, 0.15) is 32.3 Å². The van der Waals surface area contributed by atoms with Gasteiger partial charge in [-0.1, -0.05) is 13.3 Å². The molecule has 176 valence electrons. The molecule has 1 N–H and O–H groups in total. The van der Waals surface area contributed by atoms with Crippen LogP contribution in [0.15, 0.2) is 17.1 Å². The van der Waals surface area contributed by atoms with Crippen molar-refractivity contribution in [3.8, 4) is 17.2 Å². The zero-order chi connectivity index (χ0) is 22.5. The molecule has 1 aliphatic heterocycles. The van der Waals surface area contributed by atoms with Crippen LogP contribution in [0.2, 0.25) is 0 Å². The number of benzene rings is 1. The number of nitrogens with zero attached hydrogens (tertiary/aromatic N) is 3. The molecule has 0 unspecified atom stereocenters. The van der Waals surface area contributed by atoms with Crippen LogP contribution in [-0.4, -0.2) is 89.6 Å². The smallest absolute Gasteiger partial charge is 0.203 e. The van der Waals surface area contributed by atoms with Crippen LogP contribution in [0.3, 0.4) is 0 Å². The SMILES string of the molecule is CCCCOCCN=C(NCC)N1CCN(Cc2cc(OC)c(OC)c(OC)c2)CC1. The van der Waals surface area contributed by atoms with Gasteiger partial charge in [0.05, 0.1) is 34.5 Å². The molecule has 31 heavy (non-hydrogen) atoms. The minimum Gasteiger partial charge on any atom is -0.493 e. The molecule has 0 aromatic heterocycles. The van der Waals surface area contributed by atoms with Crippen LogP contribution in [-0.2, 0) is 11.3 Å². The lowest BCUT2D eigenvalue weighted by molar-refractivity contribution is 0.138. The van der Waals surface area contributed by atoms with Gasteiger partial charge in [-0.05, 0) is 31.0 Å². The Balaban J connectivity index is 1.90. The van der Waals surface area contributed by atoms with Gasteiger partial charge in [-0.3, -0.25) is 9.89 Å². The van der Waals surface area contributed by atoms with Gasteiger partial charge in [-0.15, -0.1) is 0 Å². The minimum absolute atomic E-state index is 0.628. The van der Waals surface area contributed by atoms with Gasteiger partial charge in [-0.2, -0.15) is 0 Å². The summed E-state index contributed by atoms with van der Waals surface area (Å²) in [6.07, 6.45) is 2.27. The van der Waals surface area contributed by atoms with Crippen molar-refractivity contribution in [3.63, 3.8) is 0 Å². The number of methoxy groups -OCH3 is 3. The van der Waals surface area contributed by atoms with E-state index in [0.717, 1.165) is 70.2 Å². The average Bonchev–Trinajstić information content (AvgIpc) is 2.80. The third-order valence-electron chi connectivity index (χ3n) is 5.28. The summed E-state index contributed by atoms with van der Waals surface area (Å²) in [4.78, 5) is 9.52. The van der Waals surface area contributed by atoms with Crippen LogP contribution in [0.5, 0.6) is 17.2 Å². The molecule has 0 atom stereocenters. The van der Waals surface area contributed by atoms with E-state index in [1.165, 1.54) is 0 Å². The molecule has 0 saturated carbocycles. The van der Waals surface area contributed by atoms with E-state index in [2.05, 4.69) is 29.0 Å². The third kappa shape index (κ3) is 7.78. The molecule has 1 saturated heterocycles. The summed E-state index contributed by atoms with van der Waals surface area (Å²) in [5.41, 5.74) is 1.15. The van der Waals surface area contributed by atoms with E-state index < -0.39 is 0 Å². The van der Waals surface area contributed by atoms with Gasteiger partial charge in [0.2, 0.25) is 5.75 Å². The molecule has 0 aliphatic carbocycles. The maximum atomic E-state index is 5.64. The summed E-state index contributed by atoms with van der Waals surface area (Å²) in [5.74, 6) is 2.99. The first-order valence-corrected chi connectivity index (χ1v) is 11.3. The monoisotopic (exact) mass is 436 g/mol. The average molecular weight is 437 g/mol. The standard InChI is InChI=1S/C23H40N4O4/c1-6-8-14-31-15-9-25-23(24-7-2)27-12-10-26(11-13-27)18-19-16-20(28-3)22(30-5)21(17-19)29-4/h16-17H,6-15,18H2,1-5H3,(H,24,25). The van der Waals surface area contributed by atoms with Gasteiger partial charge >= 0.3 is 0 Å². The molecule has 1 aromatic carbocycles. The fourth-order valence-electron chi connectivity index (χ4n) is 3.59. The highest BCUT2D eigenvalue weighted by atomic mass is 16.5. The zero-order valence-corrected chi connectivity index (χ0v) is 19.9. The van der Waals surface area contributed by atoms with Gasteiger partial charge in [-0.25, -0.2) is 0 Å². The van der Waals surface area contributed by atoms with Gasteiger partial charge in [0.1, 0.15) is 0 Å². The number of guanidine groups is 1. The van der Waals surface area contributed by atoms with Crippen LogP contribution in [0.4, 0.5) is 0 Å². The van der Waals surface area contributed by atoms with Crippen molar-refractivity contribution < 1.29 is 18.9 Å². The molecule has 1 fully saturated rings. The van der Waals surface area contributed by atoms with E-state index >= 15 is 0 Å². The summed E-state index contributed by atoms with van der Waals surface area (Å²) in [5, 5.41) is 3.42. The number of hydrogen-bond acceptors (Lipinski definition) is 6. The van der Waals surface area contributed by atoms with Gasteiger partial charge in [0.25, 0.3) is 0 Å². The van der Waals surface area contributed by atoms with E-state index in [4.69, 9.17) is 23.9 Å². The van der Waals surface area contributed by atoms with Crippen LogP contribution in [0.25, 0.3) is 0 Å². The zero-order valence-electron chi connectivity index (χ0n) is 19.9. The number of ether oxygens (including phenoxy) is 4. The minimum atomic E-state index is 0.628. The lowest BCUT2D eigenvalue weighted by Gasteiger charge is -2.36. The van der Waals surface area contributed by atoms with E-state index in [0.29, 0.717) is 30.4 Å². The number of rotatable bonds is 12. The molecule has 1 heterocycles. The number of unbranched alkanes of at least 4 members (excludes halogenated alkanes) is 1. The van der Waals surface area contributed by atoms with Crippen molar-refractivity contribution >= 4 is 5.96 Å². The van der Waals surface area contributed by atoms with Crippen molar-refractivity contribution in [1.82, 2.24) is 15.1 Å². The predicted molar refractivity (Wildman–Crippen MR) is 125 cm³/mol. The fourth-order valence-corrected chi connectivity index (χ4v) is 3.59. The van der Waals surface area contributed by atoms with Gasteiger partial charge < -0.3 is 29.2 Å². The summed E-state index contributed by atoms with van der Waals surface area (Å²) < 4.78 is 22.0. The normalized spacial score (nSPS) is 15.1. The quantitative estimate of drug-likeness (QED) is 0.307. The molecule has 0 spiro atoms. The molecule has 1 aliphatic rings. The molecular weight excluding hydrogens is 396 g/mol. The van der Waals surface area contributed by atoms with Crippen LogP contribution in [0, 0.1) is 0 Å². The molecule has 0 amide bonds. The Kier molecular flexibility index (Phi) is 11.3. The summed E-state index contributed by atoms with van der Waals surface area (Å²) in [6, 6.07) is 4.05. The first-order chi connectivity index (χ1) is 15.2. The number of aliphatic imine (C=N–C) groups is 1. The van der Waals surface area contributed by atoms with Crippen molar-refractivity contribution in [3.05, 3.63) is 17.7 Å². The largest absolute Gasteiger partial charge is 0.493 e. The van der Waals surface area contributed by atoms with Gasteiger partial charge in [0, 0.05) is 45.9 Å². The van der Waals surface area contributed by atoms with E-state index in [9.17, 15) is 0 Å². The van der Waals surface area contributed by atoms with Crippen molar-refractivity contribution in [1.29, 1.82) is 0 Å². The molecule has 8 nitrogen and oxygen atoms in total. The van der Waals surface area contributed by atoms with Crippen molar-refractivity contribution in [2.45, 2.75) is 33.2 Å². The number of piperazine rings is 1. The summed E-state index contributed by atoms with van der Waals surface area (Å²) in [6.45, 7) is 12.0. The first-order valence-electron chi connectivity index (χ1n) is 11.3. The Hall–Kier alpha value is -2.19. The highest BCUT2D eigenvalue weighted by Crippen LogP contribution is 2.38. The Morgan fingerprint density at radius 2 is 1.65 bits per heavy atom. The second-order valence-electron chi connectivity index (χ2n) is 7.50. The maximum absolute atomic E-state index is 5.64. The summed E-state index contributed by atoms with van der Waals surface area (Å²) in [7, 11) is 4.92. The Morgan fingerprint density at radius 3 is 2.19 bits per heavy atom. The molecule has 2 rings (SSSR count). The highest BCUT2D eigenvalue weighted by Gasteiger charge is 2.21. The predicted octanol–water partition coefficient (Wildman–Crippen LogP) is 2.61. The lowest BCUT2D eigenvalue weighted by atomic mass is 10.1. The van der Waals surface area contributed by atoms with Crippen molar-refractivity contribution in [2.24, 2.45) is 4.99 Å². The topological polar surface area (TPSA) is 67.8 Å². The first kappa shape index (κ1) is 25.1. The summed E-state index contributed by atoms with van der Waals surface area (Å²) >= 11 is 0. The molecule has 1 aromatic rings. The van der Waals surface area contributed by atoms with Crippen LogP contribution < -0.4 is 19.5 Å². The van der Waals surface area contributed by atoms with Crippen LogP contribution >= 0.6 is 0 Å². The van der Waals surface area contributed by atoms with E-state index in [-0.39, 0.29) is 0 Å². The van der Waals surface area contributed by atoms with Crippen molar-refractivity contribution in [2.75, 3.05) is 73.8 Å². The van der Waals surface area contributed by atoms with E-state index in [1.807, 2.05) is 12.1 Å². The molecule has 0 bridgehead atoms. The second-order valence-corrected chi connectivity index (χ2v) is 7.50. The number of hydrogen-bond donors (Lipinski definition) is 1. The van der Waals surface area contributed by atoms with Gasteiger partial charge in [0.15, 0.2) is 17.5 Å². The Bertz CT molecular complexity index is 651. The maximum Gasteiger partial charge on any atom is 0.203 e. The molecular formula is C23H40N4O4. The Labute approximate surface area is 187 Å². The van der Waals surface area contributed by atoms with E-state index in [1.54, 1.807) is 21.3 Å². The lowest BCUT2D eigenvalue weighted by Crippen LogP contribution is -2.52. The second kappa shape index (κ2) is 14.0. The highest BCUT2D eigenvalue weighted by molar-refractivity contribution is 5.80. The fraction of sp³-hybridized carbons (Fsp3) is 0.696. The Morgan fingerprint density at radius 1 is 0.968 bits per heavy atom. The number of nitrogens with one attached hydrogen (secondary N) is 1. The molecule has 8 heteroatoms.